The molecule has 2 aromatic carbocycles. The molecule has 2 aromatic rings. The minimum Gasteiger partial charge on any atom is -0.335 e. The van der Waals surface area contributed by atoms with Gasteiger partial charge in [0, 0.05) is 43.4 Å². The number of rotatable bonds is 7. The predicted octanol–water partition coefficient (Wildman–Crippen LogP) is 4.47. The summed E-state index contributed by atoms with van der Waals surface area (Å²) in [5.74, 6) is 0.373. The lowest BCUT2D eigenvalue weighted by Gasteiger charge is -2.34. The second kappa shape index (κ2) is 10.6. The van der Waals surface area contributed by atoms with Crippen LogP contribution in [-0.2, 0) is 0 Å². The number of benzene rings is 2. The van der Waals surface area contributed by atoms with Gasteiger partial charge in [-0.15, -0.1) is 11.8 Å². The number of thioether (sulfide) groups is 1. The van der Waals surface area contributed by atoms with Crippen LogP contribution in [0.1, 0.15) is 41.0 Å². The topological polar surface area (TPSA) is 83.8 Å². The van der Waals surface area contributed by atoms with Gasteiger partial charge in [-0.1, -0.05) is 13.8 Å². The van der Waals surface area contributed by atoms with Gasteiger partial charge >= 0.3 is 0 Å². The van der Waals surface area contributed by atoms with Gasteiger partial charge in [0.2, 0.25) is 0 Å². The Morgan fingerprint density at radius 1 is 1.00 bits per heavy atom. The van der Waals surface area contributed by atoms with Gasteiger partial charge in [-0.3, -0.25) is 19.7 Å². The smallest absolute Gasteiger partial charge is 0.283 e. The second-order valence-corrected chi connectivity index (χ2v) is 9.20. The van der Waals surface area contributed by atoms with Crippen molar-refractivity contribution in [2.75, 3.05) is 31.9 Å². The summed E-state index contributed by atoms with van der Waals surface area (Å²) >= 11 is 1.43. The Bertz CT molecular complexity index is 989. The summed E-state index contributed by atoms with van der Waals surface area (Å²) in [7, 11) is 0. The van der Waals surface area contributed by atoms with E-state index in [1.807, 2.05) is 0 Å². The number of nitro groups is 1. The Morgan fingerprint density at radius 2 is 1.53 bits per heavy atom. The van der Waals surface area contributed by atoms with Gasteiger partial charge in [-0.25, -0.2) is 4.39 Å². The number of carbonyl (C=O) groups excluding carboxylic acids is 2. The number of piperazine rings is 1. The van der Waals surface area contributed by atoms with E-state index >= 15 is 0 Å². The van der Waals surface area contributed by atoms with Gasteiger partial charge < -0.3 is 9.80 Å². The molecule has 32 heavy (non-hydrogen) atoms. The maximum atomic E-state index is 13.1. The van der Waals surface area contributed by atoms with Crippen molar-refractivity contribution in [1.82, 2.24) is 9.80 Å². The summed E-state index contributed by atoms with van der Waals surface area (Å²) in [6.07, 6.45) is 0.948. The van der Waals surface area contributed by atoms with Crippen molar-refractivity contribution < 1.29 is 18.9 Å². The molecule has 9 heteroatoms. The van der Waals surface area contributed by atoms with Crippen molar-refractivity contribution in [2.45, 2.75) is 25.2 Å². The van der Waals surface area contributed by atoms with E-state index in [0.717, 1.165) is 12.2 Å². The molecule has 0 spiro atoms. The van der Waals surface area contributed by atoms with Crippen LogP contribution in [0.15, 0.2) is 47.4 Å². The lowest BCUT2D eigenvalue weighted by Crippen LogP contribution is -2.50. The van der Waals surface area contributed by atoms with Crippen LogP contribution in [0.5, 0.6) is 0 Å². The number of nitrogens with zero attached hydrogens (tertiary/aromatic N) is 3. The normalized spacial score (nSPS) is 14.0. The summed E-state index contributed by atoms with van der Waals surface area (Å²) in [6.45, 7) is 5.53. The van der Waals surface area contributed by atoms with Gasteiger partial charge in [0.1, 0.15) is 5.82 Å². The zero-order valence-electron chi connectivity index (χ0n) is 18.1. The highest BCUT2D eigenvalue weighted by atomic mass is 32.2. The fourth-order valence-corrected chi connectivity index (χ4v) is 4.64. The monoisotopic (exact) mass is 459 g/mol. The van der Waals surface area contributed by atoms with Gasteiger partial charge in [0.15, 0.2) is 0 Å². The summed E-state index contributed by atoms with van der Waals surface area (Å²) in [6, 6.07) is 9.98. The quantitative estimate of drug-likeness (QED) is 0.347. The molecule has 0 saturated carbocycles. The Morgan fingerprint density at radius 3 is 2.06 bits per heavy atom. The van der Waals surface area contributed by atoms with E-state index in [4.69, 9.17) is 0 Å². The molecule has 1 saturated heterocycles. The molecular formula is C23H26FN3O4S. The van der Waals surface area contributed by atoms with E-state index in [-0.39, 0.29) is 23.1 Å². The Balaban J connectivity index is 1.64. The number of nitro benzene ring substituents is 1. The van der Waals surface area contributed by atoms with Crippen molar-refractivity contribution >= 4 is 29.3 Å². The van der Waals surface area contributed by atoms with Crippen LogP contribution < -0.4 is 0 Å². The summed E-state index contributed by atoms with van der Waals surface area (Å²) in [5, 5.41) is 11.5. The summed E-state index contributed by atoms with van der Waals surface area (Å²) in [5.41, 5.74) is 0.602. The average molecular weight is 460 g/mol. The SMILES string of the molecule is CC(C)CCSc1ccc(C(=O)N2CCN(C(=O)c3ccc(F)cc3)CC2)cc1[N+](=O)[O-]. The van der Waals surface area contributed by atoms with Crippen molar-refractivity contribution in [2.24, 2.45) is 5.92 Å². The van der Waals surface area contributed by atoms with Gasteiger partial charge in [-0.05, 0) is 54.5 Å². The van der Waals surface area contributed by atoms with Crippen LogP contribution in [0.2, 0.25) is 0 Å². The molecule has 0 N–H and O–H groups in total. The molecule has 1 aliphatic heterocycles. The van der Waals surface area contributed by atoms with E-state index in [1.165, 1.54) is 42.1 Å². The predicted molar refractivity (Wildman–Crippen MR) is 121 cm³/mol. The first-order valence-corrected chi connectivity index (χ1v) is 11.5. The van der Waals surface area contributed by atoms with Crippen LogP contribution in [0.25, 0.3) is 0 Å². The molecule has 0 unspecified atom stereocenters. The Kier molecular flexibility index (Phi) is 7.84. The molecule has 2 amide bonds. The third-order valence-electron chi connectivity index (χ3n) is 5.30. The minimum absolute atomic E-state index is 0.0604. The first-order valence-electron chi connectivity index (χ1n) is 10.5. The average Bonchev–Trinajstić information content (AvgIpc) is 2.78. The third-order valence-corrected chi connectivity index (χ3v) is 6.40. The number of amides is 2. The second-order valence-electron chi connectivity index (χ2n) is 8.06. The van der Waals surface area contributed by atoms with Gasteiger partial charge in [0.25, 0.3) is 17.5 Å². The number of hydrogen-bond donors (Lipinski definition) is 0. The molecule has 3 rings (SSSR count). The molecule has 0 aromatic heterocycles. The van der Waals surface area contributed by atoms with Crippen molar-refractivity contribution in [3.05, 3.63) is 69.5 Å². The zero-order valence-corrected chi connectivity index (χ0v) is 18.9. The highest BCUT2D eigenvalue weighted by molar-refractivity contribution is 7.99. The number of hydrogen-bond acceptors (Lipinski definition) is 5. The largest absolute Gasteiger partial charge is 0.335 e. The molecule has 170 valence electrons. The van der Waals surface area contributed by atoms with Crippen LogP contribution in [-0.4, -0.2) is 58.5 Å². The molecule has 1 fully saturated rings. The Labute approximate surface area is 190 Å². The van der Waals surface area contributed by atoms with Crippen molar-refractivity contribution in [1.29, 1.82) is 0 Å². The van der Waals surface area contributed by atoms with Crippen LogP contribution in [0.3, 0.4) is 0 Å². The van der Waals surface area contributed by atoms with E-state index in [2.05, 4.69) is 13.8 Å². The lowest BCUT2D eigenvalue weighted by molar-refractivity contribution is -0.387. The lowest BCUT2D eigenvalue weighted by atomic mass is 10.1. The molecular weight excluding hydrogens is 433 g/mol. The van der Waals surface area contributed by atoms with Gasteiger partial charge in [0.05, 0.1) is 9.82 Å². The van der Waals surface area contributed by atoms with Gasteiger partial charge in [-0.2, -0.15) is 0 Å². The number of carbonyl (C=O) groups is 2. The zero-order chi connectivity index (χ0) is 23.3. The molecule has 0 radical (unpaired) electrons. The maximum Gasteiger partial charge on any atom is 0.283 e. The summed E-state index contributed by atoms with van der Waals surface area (Å²) < 4.78 is 13.1. The highest BCUT2D eigenvalue weighted by Crippen LogP contribution is 2.31. The van der Waals surface area contributed by atoms with Crippen LogP contribution in [0, 0.1) is 21.8 Å². The molecule has 0 atom stereocenters. The highest BCUT2D eigenvalue weighted by Gasteiger charge is 2.27. The van der Waals surface area contributed by atoms with E-state index in [1.54, 1.807) is 21.9 Å². The Hall–Kier alpha value is -2.94. The summed E-state index contributed by atoms with van der Waals surface area (Å²) in [4.78, 5) is 40.4. The van der Waals surface area contributed by atoms with Crippen LogP contribution >= 0.6 is 11.8 Å². The van der Waals surface area contributed by atoms with E-state index in [0.29, 0.717) is 42.6 Å². The first-order chi connectivity index (χ1) is 15.3. The van der Waals surface area contributed by atoms with E-state index < -0.39 is 10.7 Å². The first kappa shape index (κ1) is 23.7. The molecule has 1 heterocycles. The van der Waals surface area contributed by atoms with Crippen molar-refractivity contribution in [3.8, 4) is 0 Å². The maximum absolute atomic E-state index is 13.1. The standard InChI is InChI=1S/C23H26FN3O4S/c1-16(2)9-14-32-21-8-5-18(15-20(21)27(30)31)23(29)26-12-10-25(11-13-26)22(28)17-3-6-19(24)7-4-17/h3-8,15-16H,9-14H2,1-2H3. The molecule has 0 aliphatic carbocycles. The molecule has 1 aliphatic rings. The fraction of sp³-hybridized carbons (Fsp3) is 0.391. The van der Waals surface area contributed by atoms with Crippen LogP contribution in [0.4, 0.5) is 10.1 Å². The fourth-order valence-electron chi connectivity index (χ4n) is 3.39. The number of halogens is 1. The van der Waals surface area contributed by atoms with E-state index in [9.17, 15) is 24.1 Å². The molecule has 7 nitrogen and oxygen atoms in total. The third kappa shape index (κ3) is 5.85. The minimum atomic E-state index is -0.451. The van der Waals surface area contributed by atoms with Crippen molar-refractivity contribution in [3.63, 3.8) is 0 Å². The molecule has 0 bridgehead atoms.